The van der Waals surface area contributed by atoms with E-state index in [-0.39, 0.29) is 0 Å². The van der Waals surface area contributed by atoms with E-state index in [0.717, 1.165) is 17.0 Å². The number of hydrogen-bond donors (Lipinski definition) is 1. The molecule has 0 bridgehead atoms. The minimum Gasteiger partial charge on any atom is -0.374 e. The molecule has 1 heterocycles. The van der Waals surface area contributed by atoms with E-state index in [1.54, 1.807) is 6.20 Å². The van der Waals surface area contributed by atoms with Crippen molar-refractivity contribution in [2.24, 2.45) is 0 Å². The zero-order valence-electron chi connectivity index (χ0n) is 5.72. The first-order chi connectivity index (χ1) is 4.83. The van der Waals surface area contributed by atoms with Crippen LogP contribution < -0.4 is 0 Å². The van der Waals surface area contributed by atoms with Crippen molar-refractivity contribution in [3.63, 3.8) is 0 Å². The Balaban J connectivity index is 2.42. The van der Waals surface area contributed by atoms with Crippen molar-refractivity contribution in [3.8, 4) is 0 Å². The van der Waals surface area contributed by atoms with E-state index in [0.29, 0.717) is 6.61 Å². The average molecular weight is 205 g/mol. The Hall–Kier alpha value is -0.350. The minimum absolute atomic E-state index is 0.558. The van der Waals surface area contributed by atoms with Crippen LogP contribution in [0.1, 0.15) is 12.7 Å². The van der Waals surface area contributed by atoms with Gasteiger partial charge in [0.2, 0.25) is 0 Å². The highest BCUT2D eigenvalue weighted by Gasteiger charge is 1.95. The molecule has 0 radical (unpaired) electrons. The first-order valence-electron chi connectivity index (χ1n) is 3.10. The highest BCUT2D eigenvalue weighted by atomic mass is 79.9. The predicted octanol–water partition coefficient (Wildman–Crippen LogP) is 1.71. The van der Waals surface area contributed by atoms with Crippen LogP contribution in [0.5, 0.6) is 0 Å². The number of imidazole rings is 1. The number of hydrogen-bond acceptors (Lipinski definition) is 2. The van der Waals surface area contributed by atoms with Crippen LogP contribution in [0.15, 0.2) is 10.8 Å². The first kappa shape index (κ1) is 7.75. The van der Waals surface area contributed by atoms with Crippen LogP contribution in [-0.4, -0.2) is 16.6 Å². The Morgan fingerprint density at radius 2 is 2.60 bits per heavy atom. The largest absolute Gasteiger partial charge is 0.374 e. The molecule has 3 nitrogen and oxygen atoms in total. The van der Waals surface area contributed by atoms with Gasteiger partial charge in [-0.3, -0.25) is 0 Å². The van der Waals surface area contributed by atoms with Gasteiger partial charge in [-0.1, -0.05) is 0 Å². The highest BCUT2D eigenvalue weighted by Crippen LogP contribution is 2.04. The maximum atomic E-state index is 5.12. The number of nitrogens with one attached hydrogen (secondary N) is 1. The SMILES string of the molecule is CCOCc1ncc(Br)[nH]1. The lowest BCUT2D eigenvalue weighted by atomic mass is 10.7. The molecule has 1 rings (SSSR count). The Morgan fingerprint density at radius 1 is 1.80 bits per heavy atom. The molecule has 0 saturated carbocycles. The van der Waals surface area contributed by atoms with E-state index < -0.39 is 0 Å². The van der Waals surface area contributed by atoms with E-state index >= 15 is 0 Å². The van der Waals surface area contributed by atoms with Crippen LogP contribution in [-0.2, 0) is 11.3 Å². The van der Waals surface area contributed by atoms with E-state index in [1.165, 1.54) is 0 Å². The molecule has 0 atom stereocenters. The lowest BCUT2D eigenvalue weighted by Gasteiger charge is -1.94. The van der Waals surface area contributed by atoms with Crippen molar-refractivity contribution in [1.82, 2.24) is 9.97 Å². The second-order valence-corrected chi connectivity index (χ2v) is 2.67. The van der Waals surface area contributed by atoms with E-state index in [1.807, 2.05) is 6.92 Å². The van der Waals surface area contributed by atoms with Crippen molar-refractivity contribution in [1.29, 1.82) is 0 Å². The Labute approximate surface area is 67.9 Å². The van der Waals surface area contributed by atoms with E-state index in [9.17, 15) is 0 Å². The van der Waals surface area contributed by atoms with Gasteiger partial charge < -0.3 is 9.72 Å². The van der Waals surface area contributed by atoms with E-state index in [4.69, 9.17) is 4.74 Å². The van der Waals surface area contributed by atoms with Gasteiger partial charge >= 0.3 is 0 Å². The van der Waals surface area contributed by atoms with Crippen molar-refractivity contribution < 1.29 is 4.74 Å². The lowest BCUT2D eigenvalue weighted by Crippen LogP contribution is -1.93. The zero-order valence-corrected chi connectivity index (χ0v) is 7.31. The second kappa shape index (κ2) is 3.73. The molecule has 0 fully saturated rings. The third-order valence-electron chi connectivity index (χ3n) is 1.04. The molecule has 0 aliphatic carbocycles. The number of rotatable bonds is 3. The summed E-state index contributed by atoms with van der Waals surface area (Å²) in [5, 5.41) is 0. The summed E-state index contributed by atoms with van der Waals surface area (Å²) in [6.45, 7) is 3.23. The first-order valence-corrected chi connectivity index (χ1v) is 3.89. The Bertz CT molecular complexity index is 199. The number of ether oxygens (including phenoxy) is 1. The smallest absolute Gasteiger partial charge is 0.133 e. The maximum Gasteiger partial charge on any atom is 0.133 e. The van der Waals surface area contributed by atoms with Crippen LogP contribution >= 0.6 is 15.9 Å². The third-order valence-corrected chi connectivity index (χ3v) is 1.44. The number of aromatic amines is 1. The van der Waals surface area contributed by atoms with Gasteiger partial charge in [0, 0.05) is 6.61 Å². The lowest BCUT2D eigenvalue weighted by molar-refractivity contribution is 0.129. The van der Waals surface area contributed by atoms with Crippen LogP contribution in [0.2, 0.25) is 0 Å². The molecule has 0 spiro atoms. The minimum atomic E-state index is 0.558. The van der Waals surface area contributed by atoms with Gasteiger partial charge in [-0.15, -0.1) is 0 Å². The molecule has 56 valence electrons. The topological polar surface area (TPSA) is 37.9 Å². The molecule has 0 aliphatic rings. The van der Waals surface area contributed by atoms with Gasteiger partial charge in [0.1, 0.15) is 17.0 Å². The summed E-state index contributed by atoms with van der Waals surface area (Å²) in [4.78, 5) is 7.02. The Kier molecular flexibility index (Phi) is 2.89. The molecule has 0 aliphatic heterocycles. The van der Waals surface area contributed by atoms with Crippen LogP contribution in [0.3, 0.4) is 0 Å². The van der Waals surface area contributed by atoms with Gasteiger partial charge in [-0.05, 0) is 22.9 Å². The number of H-pyrrole nitrogens is 1. The summed E-state index contributed by atoms with van der Waals surface area (Å²) in [6.07, 6.45) is 1.72. The fourth-order valence-corrected chi connectivity index (χ4v) is 0.940. The van der Waals surface area contributed by atoms with Crippen molar-refractivity contribution >= 4 is 15.9 Å². The second-order valence-electron chi connectivity index (χ2n) is 1.81. The van der Waals surface area contributed by atoms with Crippen LogP contribution in [0, 0.1) is 0 Å². The maximum absolute atomic E-state index is 5.12. The fourth-order valence-electron chi connectivity index (χ4n) is 0.609. The van der Waals surface area contributed by atoms with Gasteiger partial charge in [-0.25, -0.2) is 4.98 Å². The molecule has 0 amide bonds. The summed E-state index contributed by atoms with van der Waals surface area (Å²) < 4.78 is 6.01. The van der Waals surface area contributed by atoms with Crippen LogP contribution in [0.25, 0.3) is 0 Å². The van der Waals surface area contributed by atoms with E-state index in [2.05, 4.69) is 25.9 Å². The Morgan fingerprint density at radius 3 is 3.10 bits per heavy atom. The average Bonchev–Trinajstić information content (AvgIpc) is 2.31. The molecule has 4 heteroatoms. The summed E-state index contributed by atoms with van der Waals surface area (Å²) in [5.74, 6) is 0.855. The van der Waals surface area contributed by atoms with Gasteiger partial charge in [0.05, 0.1) is 6.20 Å². The zero-order chi connectivity index (χ0) is 7.40. The molecule has 1 aromatic heterocycles. The van der Waals surface area contributed by atoms with Gasteiger partial charge in [-0.2, -0.15) is 0 Å². The number of nitrogens with zero attached hydrogens (tertiary/aromatic N) is 1. The highest BCUT2D eigenvalue weighted by molar-refractivity contribution is 9.10. The molecule has 10 heavy (non-hydrogen) atoms. The summed E-state index contributed by atoms with van der Waals surface area (Å²) in [7, 11) is 0. The van der Waals surface area contributed by atoms with Crippen molar-refractivity contribution in [2.75, 3.05) is 6.61 Å². The molecule has 0 saturated heterocycles. The molecule has 1 aromatic rings. The quantitative estimate of drug-likeness (QED) is 0.815. The monoisotopic (exact) mass is 204 g/mol. The van der Waals surface area contributed by atoms with Crippen LogP contribution in [0.4, 0.5) is 0 Å². The summed E-state index contributed by atoms with van der Waals surface area (Å²) in [5.41, 5.74) is 0. The standard InChI is InChI=1S/C6H9BrN2O/c1-2-10-4-6-8-3-5(7)9-6/h3H,2,4H2,1H3,(H,8,9). The third kappa shape index (κ3) is 2.11. The molecule has 1 N–H and O–H groups in total. The normalized spacial score (nSPS) is 10.2. The molecular formula is C6H9BrN2O. The molecule has 0 unspecified atom stereocenters. The van der Waals surface area contributed by atoms with Crippen molar-refractivity contribution in [2.45, 2.75) is 13.5 Å². The summed E-state index contributed by atoms with van der Waals surface area (Å²) >= 11 is 3.25. The summed E-state index contributed by atoms with van der Waals surface area (Å²) in [6, 6.07) is 0. The van der Waals surface area contributed by atoms with Gasteiger partial charge in [0.15, 0.2) is 0 Å². The predicted molar refractivity (Wildman–Crippen MR) is 41.6 cm³/mol. The fraction of sp³-hybridized carbons (Fsp3) is 0.500. The van der Waals surface area contributed by atoms with Gasteiger partial charge in [0.25, 0.3) is 0 Å². The number of aromatic nitrogens is 2. The molecule has 0 aromatic carbocycles. The van der Waals surface area contributed by atoms with Crippen molar-refractivity contribution in [3.05, 3.63) is 16.6 Å². The molecular weight excluding hydrogens is 196 g/mol. The number of halogens is 1.